The molecule has 0 N–H and O–H groups in total. The summed E-state index contributed by atoms with van der Waals surface area (Å²) >= 11 is 0. The Morgan fingerprint density at radius 1 is 1.47 bits per heavy atom. The molecule has 0 aromatic carbocycles. The minimum Gasteiger partial charge on any atom is -0.468 e. The summed E-state index contributed by atoms with van der Waals surface area (Å²) in [4.78, 5) is 13.2. The fraction of sp³-hybridized carbons (Fsp3) is 0.800. The number of hydrogen-bond donors (Lipinski definition) is 0. The lowest BCUT2D eigenvalue weighted by molar-refractivity contribution is -0.146. The average molecular weight is 214 g/mol. The van der Waals surface area contributed by atoms with E-state index in [1.807, 2.05) is 4.90 Å². The van der Waals surface area contributed by atoms with Gasteiger partial charge in [0.1, 0.15) is 6.04 Å². The molecule has 0 aliphatic heterocycles. The Balaban J connectivity index is 4.20. The van der Waals surface area contributed by atoms with Gasteiger partial charge in [0.05, 0.1) is 19.8 Å². The second-order valence-electron chi connectivity index (χ2n) is 3.14. The maximum atomic E-state index is 11.3. The van der Waals surface area contributed by atoms with E-state index in [4.69, 9.17) is 10.00 Å². The zero-order valence-corrected chi connectivity index (χ0v) is 9.52. The first-order valence-corrected chi connectivity index (χ1v) is 4.85. The van der Waals surface area contributed by atoms with Crippen molar-refractivity contribution >= 4 is 5.97 Å². The van der Waals surface area contributed by atoms with Gasteiger partial charge in [-0.05, 0) is 6.92 Å². The number of methoxy groups -OCH3 is 2. The van der Waals surface area contributed by atoms with Crippen LogP contribution in [0.2, 0.25) is 0 Å². The summed E-state index contributed by atoms with van der Waals surface area (Å²) in [6.07, 6.45) is 0.394. The SMILES string of the molecule is COCCN(CCC#N)C(C)C(=O)OC. The molecular formula is C10H18N2O3. The Labute approximate surface area is 90.6 Å². The van der Waals surface area contributed by atoms with Crippen molar-refractivity contribution in [1.82, 2.24) is 4.90 Å². The monoisotopic (exact) mass is 214 g/mol. The summed E-state index contributed by atoms with van der Waals surface area (Å²) in [7, 11) is 2.96. The van der Waals surface area contributed by atoms with Gasteiger partial charge in [-0.15, -0.1) is 0 Å². The summed E-state index contributed by atoms with van der Waals surface area (Å²) in [6, 6.07) is 1.72. The summed E-state index contributed by atoms with van der Waals surface area (Å²) < 4.78 is 9.59. The van der Waals surface area contributed by atoms with E-state index in [-0.39, 0.29) is 12.0 Å². The van der Waals surface area contributed by atoms with Crippen LogP contribution in [-0.2, 0) is 14.3 Å². The zero-order chi connectivity index (χ0) is 11.7. The fourth-order valence-electron chi connectivity index (χ4n) is 1.22. The van der Waals surface area contributed by atoms with Gasteiger partial charge in [0.2, 0.25) is 0 Å². The fourth-order valence-corrected chi connectivity index (χ4v) is 1.22. The minimum absolute atomic E-state index is 0.288. The molecule has 0 amide bonds. The summed E-state index contributed by atoms with van der Waals surface area (Å²) in [5.74, 6) is -0.288. The van der Waals surface area contributed by atoms with E-state index in [1.54, 1.807) is 14.0 Å². The molecule has 0 aliphatic carbocycles. The molecule has 0 saturated carbocycles. The number of rotatable bonds is 7. The van der Waals surface area contributed by atoms with Gasteiger partial charge >= 0.3 is 5.97 Å². The van der Waals surface area contributed by atoms with Crippen molar-refractivity contribution in [2.75, 3.05) is 33.9 Å². The standard InChI is InChI=1S/C10H18N2O3/c1-9(10(13)15-3)12(6-4-5-11)7-8-14-2/h9H,4,6-8H2,1-3H3. The second-order valence-corrected chi connectivity index (χ2v) is 3.14. The molecule has 0 rings (SSSR count). The smallest absolute Gasteiger partial charge is 0.322 e. The van der Waals surface area contributed by atoms with E-state index >= 15 is 0 Å². The van der Waals surface area contributed by atoms with Crippen molar-refractivity contribution in [2.45, 2.75) is 19.4 Å². The summed E-state index contributed by atoms with van der Waals surface area (Å²) in [5.41, 5.74) is 0. The molecule has 86 valence electrons. The quantitative estimate of drug-likeness (QED) is 0.574. The highest BCUT2D eigenvalue weighted by Gasteiger charge is 2.20. The van der Waals surface area contributed by atoms with Crippen LogP contribution in [0.4, 0.5) is 0 Å². The second kappa shape index (κ2) is 8.21. The van der Waals surface area contributed by atoms with E-state index in [1.165, 1.54) is 7.11 Å². The van der Waals surface area contributed by atoms with Crippen LogP contribution in [-0.4, -0.2) is 50.8 Å². The molecule has 0 aromatic rings. The number of nitrogens with zero attached hydrogens (tertiary/aromatic N) is 2. The number of hydrogen-bond acceptors (Lipinski definition) is 5. The molecule has 1 unspecified atom stereocenters. The van der Waals surface area contributed by atoms with Crippen LogP contribution >= 0.6 is 0 Å². The van der Waals surface area contributed by atoms with Gasteiger partial charge in [-0.2, -0.15) is 5.26 Å². The molecule has 0 radical (unpaired) electrons. The Morgan fingerprint density at radius 3 is 2.60 bits per heavy atom. The van der Waals surface area contributed by atoms with Crippen LogP contribution in [0.1, 0.15) is 13.3 Å². The van der Waals surface area contributed by atoms with Crippen molar-refractivity contribution in [3.8, 4) is 6.07 Å². The predicted molar refractivity (Wildman–Crippen MR) is 55.2 cm³/mol. The van der Waals surface area contributed by atoms with Crippen molar-refractivity contribution in [1.29, 1.82) is 5.26 Å². The number of esters is 1. The van der Waals surface area contributed by atoms with Crippen molar-refractivity contribution in [3.63, 3.8) is 0 Å². The number of ether oxygens (including phenoxy) is 2. The molecule has 1 atom stereocenters. The maximum Gasteiger partial charge on any atom is 0.322 e. The van der Waals surface area contributed by atoms with E-state index in [0.717, 1.165) is 0 Å². The maximum absolute atomic E-state index is 11.3. The van der Waals surface area contributed by atoms with Crippen LogP contribution in [0.25, 0.3) is 0 Å². The van der Waals surface area contributed by atoms with Crippen LogP contribution in [0.5, 0.6) is 0 Å². The van der Waals surface area contributed by atoms with Crippen molar-refractivity contribution in [2.24, 2.45) is 0 Å². The van der Waals surface area contributed by atoms with Crippen LogP contribution in [0.3, 0.4) is 0 Å². The largest absolute Gasteiger partial charge is 0.468 e. The summed E-state index contributed by atoms with van der Waals surface area (Å²) in [6.45, 7) is 3.47. The van der Waals surface area contributed by atoms with Gasteiger partial charge in [-0.1, -0.05) is 0 Å². The van der Waals surface area contributed by atoms with Crippen LogP contribution in [0.15, 0.2) is 0 Å². The molecule has 0 spiro atoms. The molecule has 0 bridgehead atoms. The van der Waals surface area contributed by atoms with E-state index < -0.39 is 0 Å². The number of nitriles is 1. The Kier molecular flexibility index (Phi) is 7.60. The van der Waals surface area contributed by atoms with E-state index in [2.05, 4.69) is 10.8 Å². The molecular weight excluding hydrogens is 196 g/mol. The first kappa shape index (κ1) is 13.9. The molecule has 0 saturated heterocycles. The zero-order valence-electron chi connectivity index (χ0n) is 9.52. The predicted octanol–water partition coefficient (Wildman–Crippen LogP) is 0.410. The molecule has 5 heteroatoms. The molecule has 0 fully saturated rings. The topological polar surface area (TPSA) is 62.6 Å². The number of carbonyl (C=O) groups excluding carboxylic acids is 1. The highest BCUT2D eigenvalue weighted by Crippen LogP contribution is 2.02. The Bertz CT molecular complexity index is 225. The van der Waals surface area contributed by atoms with Gasteiger partial charge < -0.3 is 9.47 Å². The van der Waals surface area contributed by atoms with E-state index in [9.17, 15) is 4.79 Å². The highest BCUT2D eigenvalue weighted by molar-refractivity contribution is 5.75. The third-order valence-electron chi connectivity index (χ3n) is 2.18. The van der Waals surface area contributed by atoms with Crippen molar-refractivity contribution in [3.05, 3.63) is 0 Å². The normalized spacial score (nSPS) is 12.2. The van der Waals surface area contributed by atoms with Gasteiger partial charge in [-0.25, -0.2) is 0 Å². The first-order valence-electron chi connectivity index (χ1n) is 4.85. The van der Waals surface area contributed by atoms with Crippen molar-refractivity contribution < 1.29 is 14.3 Å². The third kappa shape index (κ3) is 5.35. The van der Waals surface area contributed by atoms with Gasteiger partial charge in [0, 0.05) is 26.6 Å². The lowest BCUT2D eigenvalue weighted by Crippen LogP contribution is -2.42. The lowest BCUT2D eigenvalue weighted by atomic mass is 10.2. The molecule has 0 aromatic heterocycles. The lowest BCUT2D eigenvalue weighted by Gasteiger charge is -2.25. The summed E-state index contributed by atoms with van der Waals surface area (Å²) in [5, 5.41) is 8.49. The Morgan fingerprint density at radius 2 is 2.13 bits per heavy atom. The van der Waals surface area contributed by atoms with Crippen LogP contribution in [0, 0.1) is 11.3 Å². The molecule has 0 aliphatic rings. The molecule has 0 heterocycles. The van der Waals surface area contributed by atoms with Gasteiger partial charge in [0.15, 0.2) is 0 Å². The van der Waals surface area contributed by atoms with Crippen LogP contribution < -0.4 is 0 Å². The molecule has 15 heavy (non-hydrogen) atoms. The first-order chi connectivity index (χ1) is 7.17. The highest BCUT2D eigenvalue weighted by atomic mass is 16.5. The average Bonchev–Trinajstić information content (AvgIpc) is 2.27. The minimum atomic E-state index is -0.335. The molecule has 5 nitrogen and oxygen atoms in total. The Hall–Kier alpha value is -1.12. The number of carbonyl (C=O) groups is 1. The van der Waals surface area contributed by atoms with Gasteiger partial charge in [0.25, 0.3) is 0 Å². The van der Waals surface area contributed by atoms with Gasteiger partial charge in [-0.3, -0.25) is 9.69 Å². The van der Waals surface area contributed by atoms with E-state index in [0.29, 0.717) is 26.1 Å². The third-order valence-corrected chi connectivity index (χ3v) is 2.18.